The topological polar surface area (TPSA) is 38.7 Å². The molecule has 3 atom stereocenters. The van der Waals surface area contributed by atoms with Crippen LogP contribution < -0.4 is 0 Å². The van der Waals surface area contributed by atoms with Gasteiger partial charge in [0, 0.05) is 12.8 Å². The second-order valence-corrected chi connectivity index (χ2v) is 6.12. The summed E-state index contributed by atoms with van der Waals surface area (Å²) in [6.07, 6.45) is 5.15. The maximum absolute atomic E-state index is 8.96. The molecule has 0 unspecified atom stereocenters. The Morgan fingerprint density at radius 1 is 1.27 bits per heavy atom. The van der Waals surface area contributed by atoms with Gasteiger partial charge in [-0.15, -0.1) is 0 Å². The van der Waals surface area contributed by atoms with E-state index >= 15 is 0 Å². The highest BCUT2D eigenvalue weighted by atomic mass is 17.1. The van der Waals surface area contributed by atoms with E-state index in [0.29, 0.717) is 11.3 Å². The Morgan fingerprint density at radius 2 is 1.93 bits per heavy atom. The van der Waals surface area contributed by atoms with Gasteiger partial charge in [0.2, 0.25) is 5.79 Å². The Hall–Kier alpha value is -0.120. The highest BCUT2D eigenvalue weighted by Crippen LogP contribution is 2.46. The molecule has 0 radical (unpaired) electrons. The van der Waals surface area contributed by atoms with Crippen LogP contribution in [-0.4, -0.2) is 17.1 Å². The summed E-state index contributed by atoms with van der Waals surface area (Å²) < 4.78 is 5.81. The maximum Gasteiger partial charge on any atom is 0.201 e. The SMILES string of the molecule is CC(C)(C)[C@@H]1CC[C@@]2(OO)CC[C@@H](C1)O2. The van der Waals surface area contributed by atoms with E-state index in [1.165, 1.54) is 0 Å². The Balaban J connectivity index is 2.08. The summed E-state index contributed by atoms with van der Waals surface area (Å²) in [5, 5.41) is 8.96. The van der Waals surface area contributed by atoms with Crippen molar-refractivity contribution in [1.29, 1.82) is 0 Å². The van der Waals surface area contributed by atoms with Crippen molar-refractivity contribution < 1.29 is 14.9 Å². The lowest BCUT2D eigenvalue weighted by atomic mass is 9.73. The zero-order chi connectivity index (χ0) is 11.1. The predicted octanol–water partition coefficient (Wildman–Crippen LogP) is 3.20. The van der Waals surface area contributed by atoms with Gasteiger partial charge in [0.1, 0.15) is 0 Å². The molecule has 88 valence electrons. The summed E-state index contributed by atoms with van der Waals surface area (Å²) in [6, 6.07) is 0. The van der Waals surface area contributed by atoms with E-state index in [0.717, 1.165) is 32.1 Å². The van der Waals surface area contributed by atoms with Crippen LogP contribution in [-0.2, 0) is 9.62 Å². The molecule has 0 aliphatic carbocycles. The average Bonchev–Trinajstić information content (AvgIpc) is 2.41. The number of fused-ring (bicyclic) bond motifs is 2. The fourth-order valence-corrected chi connectivity index (χ4v) is 2.88. The Bertz CT molecular complexity index is 234. The molecule has 0 aromatic carbocycles. The molecule has 2 aliphatic rings. The molecule has 0 spiro atoms. The molecule has 2 fully saturated rings. The van der Waals surface area contributed by atoms with Crippen molar-refractivity contribution in [1.82, 2.24) is 0 Å². The molecule has 1 N–H and O–H groups in total. The highest BCUT2D eigenvalue weighted by Gasteiger charge is 2.46. The van der Waals surface area contributed by atoms with Gasteiger partial charge in [0.05, 0.1) is 6.10 Å². The van der Waals surface area contributed by atoms with Crippen molar-refractivity contribution in [3.63, 3.8) is 0 Å². The second-order valence-electron chi connectivity index (χ2n) is 6.12. The van der Waals surface area contributed by atoms with Gasteiger partial charge >= 0.3 is 0 Å². The third-order valence-electron chi connectivity index (χ3n) is 4.04. The Labute approximate surface area is 91.7 Å². The van der Waals surface area contributed by atoms with Crippen LogP contribution >= 0.6 is 0 Å². The molecule has 0 saturated carbocycles. The third kappa shape index (κ3) is 2.19. The summed E-state index contributed by atoms with van der Waals surface area (Å²) >= 11 is 0. The maximum atomic E-state index is 8.96. The summed E-state index contributed by atoms with van der Waals surface area (Å²) in [5.74, 6) is -0.00942. The van der Waals surface area contributed by atoms with Crippen LogP contribution in [0.4, 0.5) is 0 Å². The van der Waals surface area contributed by atoms with E-state index in [9.17, 15) is 0 Å². The summed E-state index contributed by atoms with van der Waals surface area (Å²) in [4.78, 5) is 4.59. The van der Waals surface area contributed by atoms with E-state index < -0.39 is 5.79 Å². The third-order valence-corrected chi connectivity index (χ3v) is 4.04. The second kappa shape index (κ2) is 3.72. The molecular formula is C12H22O3. The predicted molar refractivity (Wildman–Crippen MR) is 57.3 cm³/mol. The van der Waals surface area contributed by atoms with E-state index in [4.69, 9.17) is 9.99 Å². The van der Waals surface area contributed by atoms with Crippen LogP contribution in [0.2, 0.25) is 0 Å². The molecule has 0 aromatic heterocycles. The standard InChI is InChI=1S/C12H22O3/c1-11(2,3)9-4-6-12(15-13)7-5-10(8-9)14-12/h9-10,13H,4-8H2,1-3H3/t9-,10+,12-/m1/s1. The van der Waals surface area contributed by atoms with Gasteiger partial charge < -0.3 is 4.74 Å². The number of ether oxygens (including phenoxy) is 1. The zero-order valence-electron chi connectivity index (χ0n) is 9.95. The minimum atomic E-state index is -0.676. The van der Waals surface area contributed by atoms with Crippen LogP contribution in [0.5, 0.6) is 0 Å². The van der Waals surface area contributed by atoms with Crippen molar-refractivity contribution in [3.8, 4) is 0 Å². The van der Waals surface area contributed by atoms with E-state index in [1.807, 2.05) is 0 Å². The Kier molecular flexibility index (Phi) is 2.82. The smallest absolute Gasteiger partial charge is 0.201 e. The average molecular weight is 214 g/mol. The van der Waals surface area contributed by atoms with Gasteiger partial charge in [0.15, 0.2) is 0 Å². The molecule has 0 aromatic rings. The molecular weight excluding hydrogens is 192 g/mol. The molecule has 2 saturated heterocycles. The zero-order valence-corrected chi connectivity index (χ0v) is 9.95. The monoisotopic (exact) mass is 214 g/mol. The van der Waals surface area contributed by atoms with Crippen LogP contribution in [0.25, 0.3) is 0 Å². The van der Waals surface area contributed by atoms with Gasteiger partial charge in [-0.2, -0.15) is 0 Å². The quantitative estimate of drug-likeness (QED) is 0.538. The summed E-state index contributed by atoms with van der Waals surface area (Å²) in [5.41, 5.74) is 0.324. The summed E-state index contributed by atoms with van der Waals surface area (Å²) in [6.45, 7) is 6.84. The minimum Gasteiger partial charge on any atom is -0.344 e. The van der Waals surface area contributed by atoms with Crippen LogP contribution in [0, 0.1) is 11.3 Å². The highest BCUT2D eigenvalue weighted by molar-refractivity contribution is 4.89. The van der Waals surface area contributed by atoms with Crippen molar-refractivity contribution in [3.05, 3.63) is 0 Å². The van der Waals surface area contributed by atoms with E-state index in [2.05, 4.69) is 25.7 Å². The molecule has 2 rings (SSSR count). The number of rotatable bonds is 1. The largest absolute Gasteiger partial charge is 0.344 e. The molecule has 2 bridgehead atoms. The van der Waals surface area contributed by atoms with Gasteiger partial charge in [-0.05, 0) is 30.6 Å². The molecule has 0 amide bonds. The lowest BCUT2D eigenvalue weighted by molar-refractivity contribution is -0.398. The first-order valence-corrected chi connectivity index (χ1v) is 5.96. The van der Waals surface area contributed by atoms with Crippen molar-refractivity contribution in [2.75, 3.05) is 0 Å². The Morgan fingerprint density at radius 3 is 2.53 bits per heavy atom. The first kappa shape index (κ1) is 11.4. The molecule has 2 heterocycles. The first-order chi connectivity index (χ1) is 6.95. The fraction of sp³-hybridized carbons (Fsp3) is 1.00. The van der Waals surface area contributed by atoms with Gasteiger partial charge in [-0.3, -0.25) is 0 Å². The molecule has 3 heteroatoms. The minimum absolute atomic E-state index is 0.281. The van der Waals surface area contributed by atoms with Gasteiger partial charge in [-0.25, -0.2) is 10.1 Å². The number of hydrogen-bond donors (Lipinski definition) is 1. The molecule has 15 heavy (non-hydrogen) atoms. The van der Waals surface area contributed by atoms with Gasteiger partial charge in [0.25, 0.3) is 0 Å². The van der Waals surface area contributed by atoms with Crippen molar-refractivity contribution in [2.45, 2.75) is 64.8 Å². The number of hydrogen-bond acceptors (Lipinski definition) is 3. The lowest BCUT2D eigenvalue weighted by Gasteiger charge is -2.31. The fourth-order valence-electron chi connectivity index (χ4n) is 2.88. The van der Waals surface area contributed by atoms with Crippen LogP contribution in [0.15, 0.2) is 0 Å². The first-order valence-electron chi connectivity index (χ1n) is 5.96. The van der Waals surface area contributed by atoms with Crippen LogP contribution in [0.1, 0.15) is 52.9 Å². The van der Waals surface area contributed by atoms with Crippen molar-refractivity contribution >= 4 is 0 Å². The van der Waals surface area contributed by atoms with E-state index in [-0.39, 0.29) is 6.10 Å². The normalized spacial score (nSPS) is 41.6. The lowest BCUT2D eigenvalue weighted by Crippen LogP contribution is -2.30. The van der Waals surface area contributed by atoms with Crippen LogP contribution in [0.3, 0.4) is 0 Å². The van der Waals surface area contributed by atoms with Crippen molar-refractivity contribution in [2.24, 2.45) is 11.3 Å². The van der Waals surface area contributed by atoms with E-state index in [1.54, 1.807) is 0 Å². The van der Waals surface area contributed by atoms with Gasteiger partial charge in [-0.1, -0.05) is 20.8 Å². The summed E-state index contributed by atoms with van der Waals surface area (Å²) in [7, 11) is 0. The molecule has 3 nitrogen and oxygen atoms in total. The molecule has 2 aliphatic heterocycles.